The van der Waals surface area contributed by atoms with Crippen molar-refractivity contribution in [2.75, 3.05) is 33.7 Å². The Hall–Kier alpha value is -0.960. The van der Waals surface area contributed by atoms with E-state index in [2.05, 4.69) is 15.1 Å². The Balaban J connectivity index is 2.11. The molecule has 0 amide bonds. The number of hydrogen-bond donors (Lipinski definition) is 2. The Morgan fingerprint density at radius 2 is 2.37 bits per heavy atom. The van der Waals surface area contributed by atoms with Gasteiger partial charge in [-0.05, 0) is 25.9 Å². The summed E-state index contributed by atoms with van der Waals surface area (Å²) < 4.78 is 26.1. The maximum absolute atomic E-state index is 12.4. The van der Waals surface area contributed by atoms with Crippen LogP contribution in [0.2, 0.25) is 0 Å². The molecule has 2 N–H and O–H groups in total. The summed E-state index contributed by atoms with van der Waals surface area (Å²) in [5.74, 6) is 0.352. The summed E-state index contributed by atoms with van der Waals surface area (Å²) in [6.45, 7) is 2.06. The van der Waals surface area contributed by atoms with Gasteiger partial charge < -0.3 is 10.0 Å². The van der Waals surface area contributed by atoms with Gasteiger partial charge in [-0.15, -0.1) is 0 Å². The van der Waals surface area contributed by atoms with Gasteiger partial charge in [0, 0.05) is 25.7 Å². The van der Waals surface area contributed by atoms with E-state index < -0.39 is 10.0 Å². The number of nitrogens with zero attached hydrogens (tertiary/aromatic N) is 3. The standard InChI is InChI=1S/C11H20N4O3S/c1-14-4-3-9(6-14)7-15(2)19(17,18)11-10(8-16)5-12-13-11/h5,9,16H,3-4,6-8H2,1-2H3,(H,12,13). The maximum Gasteiger partial charge on any atom is 0.260 e. The second-order valence-corrected chi connectivity index (χ2v) is 7.07. The molecule has 0 bridgehead atoms. The Morgan fingerprint density at radius 3 is 2.95 bits per heavy atom. The predicted molar refractivity (Wildman–Crippen MR) is 69.9 cm³/mol. The summed E-state index contributed by atoms with van der Waals surface area (Å²) in [4.78, 5) is 2.19. The minimum atomic E-state index is -3.61. The zero-order chi connectivity index (χ0) is 14.0. The quantitative estimate of drug-likeness (QED) is 0.760. The number of nitrogens with one attached hydrogen (secondary N) is 1. The Bertz CT molecular complexity index is 528. The molecule has 1 saturated heterocycles. The van der Waals surface area contributed by atoms with Gasteiger partial charge in [-0.1, -0.05) is 0 Å². The van der Waals surface area contributed by atoms with E-state index in [0.717, 1.165) is 19.5 Å². The first-order chi connectivity index (χ1) is 8.95. The molecule has 1 aliphatic heterocycles. The van der Waals surface area contributed by atoms with Crippen LogP contribution in [0.1, 0.15) is 12.0 Å². The first-order valence-corrected chi connectivity index (χ1v) is 7.67. The van der Waals surface area contributed by atoms with Gasteiger partial charge >= 0.3 is 0 Å². The Kier molecular flexibility index (Phi) is 4.24. The van der Waals surface area contributed by atoms with Crippen LogP contribution in [0, 0.1) is 5.92 Å². The van der Waals surface area contributed by atoms with Gasteiger partial charge in [-0.3, -0.25) is 5.10 Å². The molecule has 1 aliphatic rings. The van der Waals surface area contributed by atoms with E-state index in [1.165, 1.54) is 10.5 Å². The molecule has 1 aromatic rings. The molecule has 19 heavy (non-hydrogen) atoms. The second kappa shape index (κ2) is 5.58. The van der Waals surface area contributed by atoms with Crippen molar-refractivity contribution in [3.05, 3.63) is 11.8 Å². The van der Waals surface area contributed by atoms with Crippen molar-refractivity contribution in [3.63, 3.8) is 0 Å². The average Bonchev–Trinajstić information content (AvgIpc) is 2.97. The molecule has 1 unspecified atom stereocenters. The fourth-order valence-electron chi connectivity index (χ4n) is 2.43. The maximum atomic E-state index is 12.4. The van der Waals surface area contributed by atoms with Crippen LogP contribution < -0.4 is 0 Å². The fraction of sp³-hybridized carbons (Fsp3) is 0.727. The highest BCUT2D eigenvalue weighted by atomic mass is 32.2. The van der Waals surface area contributed by atoms with Crippen LogP contribution in [0.5, 0.6) is 0 Å². The third kappa shape index (κ3) is 2.97. The van der Waals surface area contributed by atoms with E-state index in [1.54, 1.807) is 7.05 Å². The lowest BCUT2D eigenvalue weighted by atomic mass is 10.1. The molecule has 108 valence electrons. The second-order valence-electron chi connectivity index (χ2n) is 5.08. The van der Waals surface area contributed by atoms with Crippen LogP contribution in [-0.4, -0.2) is 66.7 Å². The smallest absolute Gasteiger partial charge is 0.260 e. The summed E-state index contributed by atoms with van der Waals surface area (Å²) in [6, 6.07) is 0. The van der Waals surface area contributed by atoms with Crippen LogP contribution in [0.4, 0.5) is 0 Å². The molecule has 1 aromatic heterocycles. The summed E-state index contributed by atoms with van der Waals surface area (Å²) >= 11 is 0. The topological polar surface area (TPSA) is 89.5 Å². The molecule has 1 atom stereocenters. The van der Waals surface area contributed by atoms with Crippen LogP contribution in [0.15, 0.2) is 11.2 Å². The van der Waals surface area contributed by atoms with E-state index in [0.29, 0.717) is 18.0 Å². The molecule has 1 fully saturated rings. The van der Waals surface area contributed by atoms with Gasteiger partial charge in [0.2, 0.25) is 0 Å². The Labute approximate surface area is 113 Å². The summed E-state index contributed by atoms with van der Waals surface area (Å²) in [5.41, 5.74) is 0.301. The monoisotopic (exact) mass is 288 g/mol. The lowest BCUT2D eigenvalue weighted by Gasteiger charge is -2.20. The van der Waals surface area contributed by atoms with Crippen LogP contribution in [-0.2, 0) is 16.6 Å². The van der Waals surface area contributed by atoms with E-state index in [9.17, 15) is 8.42 Å². The minimum absolute atomic E-state index is 0.0103. The van der Waals surface area contributed by atoms with Crippen molar-refractivity contribution < 1.29 is 13.5 Å². The van der Waals surface area contributed by atoms with Crippen molar-refractivity contribution in [1.29, 1.82) is 0 Å². The fourth-order valence-corrected chi connectivity index (χ4v) is 3.76. The highest BCUT2D eigenvalue weighted by molar-refractivity contribution is 7.89. The largest absolute Gasteiger partial charge is 0.392 e. The lowest BCUT2D eigenvalue weighted by molar-refractivity contribution is 0.278. The zero-order valence-electron chi connectivity index (χ0n) is 11.2. The first kappa shape index (κ1) is 14.4. The third-order valence-corrected chi connectivity index (χ3v) is 5.36. The summed E-state index contributed by atoms with van der Waals surface area (Å²) in [7, 11) is -0.00649. The van der Waals surface area contributed by atoms with Gasteiger partial charge in [0.25, 0.3) is 10.0 Å². The van der Waals surface area contributed by atoms with Crippen molar-refractivity contribution in [1.82, 2.24) is 19.4 Å². The van der Waals surface area contributed by atoms with Crippen LogP contribution in [0.3, 0.4) is 0 Å². The zero-order valence-corrected chi connectivity index (χ0v) is 12.0. The van der Waals surface area contributed by atoms with Crippen molar-refractivity contribution in [3.8, 4) is 0 Å². The van der Waals surface area contributed by atoms with Gasteiger partial charge in [-0.25, -0.2) is 8.42 Å². The molecule has 0 saturated carbocycles. The molecule has 2 rings (SSSR count). The molecular formula is C11H20N4O3S. The van der Waals surface area contributed by atoms with E-state index in [1.807, 2.05) is 7.05 Å². The number of aliphatic hydroxyl groups is 1. The number of H-pyrrole nitrogens is 1. The molecular weight excluding hydrogens is 268 g/mol. The number of aliphatic hydroxyl groups excluding tert-OH is 1. The number of aromatic nitrogens is 2. The Morgan fingerprint density at radius 1 is 1.63 bits per heavy atom. The minimum Gasteiger partial charge on any atom is -0.392 e. The number of rotatable bonds is 5. The van der Waals surface area contributed by atoms with Crippen LogP contribution >= 0.6 is 0 Å². The third-order valence-electron chi connectivity index (χ3n) is 3.52. The predicted octanol–water partition coefficient (Wildman–Crippen LogP) is -0.526. The van der Waals surface area contributed by atoms with Crippen molar-refractivity contribution in [2.24, 2.45) is 5.92 Å². The van der Waals surface area contributed by atoms with Gasteiger partial charge in [0.15, 0.2) is 5.03 Å². The highest BCUT2D eigenvalue weighted by Gasteiger charge is 2.29. The first-order valence-electron chi connectivity index (χ1n) is 6.23. The lowest BCUT2D eigenvalue weighted by Crippen LogP contribution is -2.33. The van der Waals surface area contributed by atoms with Crippen molar-refractivity contribution in [2.45, 2.75) is 18.1 Å². The van der Waals surface area contributed by atoms with Gasteiger partial charge in [0.1, 0.15) is 0 Å². The number of likely N-dealkylation sites (tertiary alicyclic amines) is 1. The number of hydrogen-bond acceptors (Lipinski definition) is 5. The van der Waals surface area contributed by atoms with Gasteiger partial charge in [-0.2, -0.15) is 9.40 Å². The molecule has 0 radical (unpaired) electrons. The van der Waals surface area contributed by atoms with E-state index >= 15 is 0 Å². The normalized spacial score (nSPS) is 21.4. The molecule has 0 spiro atoms. The summed E-state index contributed by atoms with van der Waals surface area (Å²) in [6.07, 6.45) is 2.34. The van der Waals surface area contributed by atoms with E-state index in [4.69, 9.17) is 5.11 Å². The molecule has 0 aromatic carbocycles. The SMILES string of the molecule is CN1CCC(CN(C)S(=O)(=O)c2[nH]ncc2CO)C1. The summed E-state index contributed by atoms with van der Waals surface area (Å²) in [5, 5.41) is 15.3. The highest BCUT2D eigenvalue weighted by Crippen LogP contribution is 2.21. The van der Waals surface area contributed by atoms with E-state index in [-0.39, 0.29) is 11.6 Å². The molecule has 7 nitrogen and oxygen atoms in total. The van der Waals surface area contributed by atoms with Crippen LogP contribution in [0.25, 0.3) is 0 Å². The number of aromatic amines is 1. The van der Waals surface area contributed by atoms with Gasteiger partial charge in [0.05, 0.1) is 12.8 Å². The molecule has 0 aliphatic carbocycles. The molecule has 2 heterocycles. The average molecular weight is 288 g/mol. The number of sulfonamides is 1. The molecule has 8 heteroatoms. The van der Waals surface area contributed by atoms with Crippen molar-refractivity contribution >= 4 is 10.0 Å².